The van der Waals surface area contributed by atoms with Gasteiger partial charge in [0.15, 0.2) is 5.83 Å². The molecule has 2 N–H and O–H groups in total. The van der Waals surface area contributed by atoms with E-state index in [0.29, 0.717) is 11.3 Å². The monoisotopic (exact) mass is 331 g/mol. The molecular weight excluding hydrogens is 319 g/mol. The molecule has 1 rings (SSSR count). The zero-order chi connectivity index (χ0) is 15.8. The lowest BCUT2D eigenvalue weighted by Gasteiger charge is -1.99. The first kappa shape index (κ1) is 18.7. The third-order valence-corrected chi connectivity index (χ3v) is 2.42. The molecule has 5 nitrogen and oxygen atoms in total. The largest absolute Gasteiger partial charge is 0.493 e. The van der Waals surface area contributed by atoms with Gasteiger partial charge in [-0.1, -0.05) is 6.07 Å². The predicted molar refractivity (Wildman–Crippen MR) is 69.1 cm³/mol. The maximum atomic E-state index is 12.4. The number of halogens is 3. The van der Waals surface area contributed by atoms with Crippen LogP contribution in [0.25, 0.3) is 0 Å². The van der Waals surface area contributed by atoms with Crippen molar-refractivity contribution < 1.29 is 31.2 Å². The molecule has 1 aromatic rings. The molecule has 0 saturated carbocycles. The van der Waals surface area contributed by atoms with Crippen LogP contribution >= 0.6 is 11.8 Å². The van der Waals surface area contributed by atoms with Crippen LogP contribution in [0.1, 0.15) is 6.42 Å². The Labute approximate surface area is 118 Å². The predicted octanol–water partition coefficient (Wildman–Crippen LogP) is 2.85. The Kier molecular flexibility index (Phi) is 8.26. The quantitative estimate of drug-likeness (QED) is 0.651. The van der Waals surface area contributed by atoms with Crippen molar-refractivity contribution in [3.8, 4) is 5.88 Å². The Morgan fingerprint density at radius 1 is 1.35 bits per heavy atom. The van der Waals surface area contributed by atoms with E-state index >= 15 is 0 Å². The maximum Gasteiger partial charge on any atom is 0.301 e. The normalized spacial score (nSPS) is 10.4. The lowest BCUT2D eigenvalue weighted by molar-refractivity contribution is 0.373. The summed E-state index contributed by atoms with van der Waals surface area (Å²) < 4.78 is 61.5. The summed E-state index contributed by atoms with van der Waals surface area (Å²) in [6.07, 6.45) is -1.91. The van der Waals surface area contributed by atoms with Crippen LogP contribution in [0.2, 0.25) is 0 Å². The SMILES string of the molecule is CS(=O)(=O)O.Oc1cccc(SCCC(F)=C(F)F)n1. The van der Waals surface area contributed by atoms with E-state index in [1.165, 1.54) is 6.07 Å². The van der Waals surface area contributed by atoms with Crippen LogP contribution in [-0.2, 0) is 10.1 Å². The van der Waals surface area contributed by atoms with Crippen molar-refractivity contribution in [2.75, 3.05) is 12.0 Å². The molecule has 1 aromatic heterocycles. The van der Waals surface area contributed by atoms with Crippen molar-refractivity contribution in [1.82, 2.24) is 4.98 Å². The van der Waals surface area contributed by atoms with E-state index in [1.807, 2.05) is 0 Å². The first-order valence-corrected chi connectivity index (χ1v) is 7.84. The summed E-state index contributed by atoms with van der Waals surface area (Å²) in [5.74, 6) is -1.39. The van der Waals surface area contributed by atoms with E-state index in [0.717, 1.165) is 11.8 Å². The van der Waals surface area contributed by atoms with Gasteiger partial charge in [-0.05, 0) is 6.07 Å². The minimum Gasteiger partial charge on any atom is -0.493 e. The standard InChI is InChI=1S/C9H8F3NOS.CH4O3S/c10-6(9(11)12)4-5-15-8-3-1-2-7(14)13-8;1-5(2,3)4/h1-3H,4-5H2,(H,13,14);1H3,(H,2,3,4). The van der Waals surface area contributed by atoms with Gasteiger partial charge in [0.2, 0.25) is 5.88 Å². The van der Waals surface area contributed by atoms with Gasteiger partial charge in [-0.2, -0.15) is 17.2 Å². The molecule has 0 fully saturated rings. The average Bonchev–Trinajstić information content (AvgIpc) is 2.26. The summed E-state index contributed by atoms with van der Waals surface area (Å²) in [5.41, 5.74) is 0. The Morgan fingerprint density at radius 3 is 2.35 bits per heavy atom. The van der Waals surface area contributed by atoms with E-state index in [2.05, 4.69) is 4.98 Å². The van der Waals surface area contributed by atoms with Crippen LogP contribution in [0.15, 0.2) is 35.1 Å². The highest BCUT2D eigenvalue weighted by atomic mass is 32.2. The van der Waals surface area contributed by atoms with Crippen molar-refractivity contribution in [2.24, 2.45) is 0 Å². The van der Waals surface area contributed by atoms with Gasteiger partial charge in [0.25, 0.3) is 10.1 Å². The molecule has 114 valence electrons. The second-order valence-electron chi connectivity index (χ2n) is 3.33. The molecule has 10 heteroatoms. The summed E-state index contributed by atoms with van der Waals surface area (Å²) in [6.45, 7) is 0. The van der Waals surface area contributed by atoms with Crippen molar-refractivity contribution in [3.63, 3.8) is 0 Å². The fourth-order valence-corrected chi connectivity index (χ4v) is 1.65. The van der Waals surface area contributed by atoms with Crippen LogP contribution < -0.4 is 0 Å². The van der Waals surface area contributed by atoms with Crippen molar-refractivity contribution >= 4 is 21.9 Å². The number of rotatable bonds is 4. The highest BCUT2D eigenvalue weighted by molar-refractivity contribution is 7.99. The molecule has 0 bridgehead atoms. The first-order chi connectivity index (χ1) is 9.09. The third-order valence-electron chi connectivity index (χ3n) is 1.49. The number of nitrogens with zero attached hydrogens (tertiary/aromatic N) is 1. The van der Waals surface area contributed by atoms with Crippen LogP contribution in [0, 0.1) is 0 Å². The lowest BCUT2D eigenvalue weighted by atomic mass is 10.4. The van der Waals surface area contributed by atoms with Gasteiger partial charge in [0, 0.05) is 18.2 Å². The third kappa shape index (κ3) is 11.8. The highest BCUT2D eigenvalue weighted by Crippen LogP contribution is 2.22. The molecule has 0 spiro atoms. The van der Waals surface area contributed by atoms with Gasteiger partial charge in [0.1, 0.15) is 5.03 Å². The van der Waals surface area contributed by atoms with E-state index in [9.17, 15) is 21.6 Å². The fraction of sp³-hybridized carbons (Fsp3) is 0.300. The van der Waals surface area contributed by atoms with Gasteiger partial charge >= 0.3 is 6.08 Å². The molecular formula is C10H12F3NO4S2. The molecule has 0 aromatic carbocycles. The summed E-state index contributed by atoms with van der Waals surface area (Å²) >= 11 is 1.10. The molecule has 1 heterocycles. The molecule has 20 heavy (non-hydrogen) atoms. The second-order valence-corrected chi connectivity index (χ2v) is 5.91. The minimum atomic E-state index is -3.67. The second kappa shape index (κ2) is 8.82. The number of pyridine rings is 1. The summed E-state index contributed by atoms with van der Waals surface area (Å²) in [4.78, 5) is 3.71. The first-order valence-electron chi connectivity index (χ1n) is 5.00. The number of aromatic hydroxyl groups is 1. The average molecular weight is 331 g/mol. The van der Waals surface area contributed by atoms with Crippen molar-refractivity contribution in [2.45, 2.75) is 11.4 Å². The zero-order valence-electron chi connectivity index (χ0n) is 10.3. The van der Waals surface area contributed by atoms with E-state index in [-0.39, 0.29) is 18.1 Å². The molecule has 0 aliphatic carbocycles. The van der Waals surface area contributed by atoms with E-state index < -0.39 is 22.0 Å². The number of allylic oxidation sites excluding steroid dienone is 1. The lowest BCUT2D eigenvalue weighted by Crippen LogP contribution is -1.88. The van der Waals surface area contributed by atoms with Crippen LogP contribution in [0.3, 0.4) is 0 Å². The van der Waals surface area contributed by atoms with E-state index in [4.69, 9.17) is 9.66 Å². The number of hydrogen-bond donors (Lipinski definition) is 2. The molecule has 0 unspecified atom stereocenters. The van der Waals surface area contributed by atoms with Gasteiger partial charge in [0.05, 0.1) is 6.26 Å². The zero-order valence-corrected chi connectivity index (χ0v) is 11.9. The van der Waals surface area contributed by atoms with Gasteiger partial charge in [-0.3, -0.25) is 4.55 Å². The number of thioether (sulfide) groups is 1. The Morgan fingerprint density at radius 2 is 1.90 bits per heavy atom. The van der Waals surface area contributed by atoms with Crippen molar-refractivity contribution in [1.29, 1.82) is 0 Å². The summed E-state index contributed by atoms with van der Waals surface area (Å²) in [7, 11) is -3.67. The van der Waals surface area contributed by atoms with Crippen LogP contribution in [0.4, 0.5) is 13.2 Å². The highest BCUT2D eigenvalue weighted by Gasteiger charge is 2.05. The topological polar surface area (TPSA) is 87.5 Å². The maximum absolute atomic E-state index is 12.4. The smallest absolute Gasteiger partial charge is 0.301 e. The van der Waals surface area contributed by atoms with E-state index in [1.54, 1.807) is 12.1 Å². The van der Waals surface area contributed by atoms with Crippen molar-refractivity contribution in [3.05, 3.63) is 30.1 Å². The van der Waals surface area contributed by atoms with Crippen LogP contribution in [0.5, 0.6) is 5.88 Å². The minimum absolute atomic E-state index is 0.146. The Bertz CT molecular complexity index is 551. The summed E-state index contributed by atoms with van der Waals surface area (Å²) in [6, 6.07) is 4.58. The Balaban J connectivity index is 0.000000621. The summed E-state index contributed by atoms with van der Waals surface area (Å²) in [5, 5.41) is 9.46. The number of hydrogen-bond acceptors (Lipinski definition) is 5. The van der Waals surface area contributed by atoms with Gasteiger partial charge < -0.3 is 5.11 Å². The molecule has 0 aliphatic heterocycles. The molecule has 0 aliphatic rings. The molecule has 0 amide bonds. The molecule has 0 radical (unpaired) electrons. The number of aromatic nitrogens is 1. The Hall–Kier alpha value is -1.26. The fourth-order valence-electron chi connectivity index (χ4n) is 0.824. The van der Waals surface area contributed by atoms with Crippen LogP contribution in [-0.4, -0.2) is 35.1 Å². The molecule has 0 saturated heterocycles. The van der Waals surface area contributed by atoms with Gasteiger partial charge in [-0.25, -0.2) is 9.37 Å². The molecule has 0 atom stereocenters. The van der Waals surface area contributed by atoms with Gasteiger partial charge in [-0.15, -0.1) is 11.8 Å².